The molecule has 0 aromatic rings. The monoisotopic (exact) mass is 597 g/mol. The van der Waals surface area contributed by atoms with Gasteiger partial charge in [-0.2, -0.15) is 0 Å². The van der Waals surface area contributed by atoms with Crippen LogP contribution in [0.4, 0.5) is 0 Å². The molecule has 0 bridgehead atoms. The highest BCUT2D eigenvalue weighted by molar-refractivity contribution is 5.77. The van der Waals surface area contributed by atoms with E-state index < -0.39 is 0 Å². The van der Waals surface area contributed by atoms with Gasteiger partial charge in [-0.25, -0.2) is 0 Å². The molecule has 42 heavy (non-hydrogen) atoms. The molecule has 0 saturated carbocycles. The van der Waals surface area contributed by atoms with Gasteiger partial charge in [0.25, 0.3) is 11.8 Å². The Bertz CT molecular complexity index is 582. The van der Waals surface area contributed by atoms with Crippen LogP contribution in [0.2, 0.25) is 0 Å². The average molecular weight is 597 g/mol. The Balaban J connectivity index is 3.61. The van der Waals surface area contributed by atoms with Gasteiger partial charge >= 0.3 is 0 Å². The Kier molecular flexibility index (Phi) is 26.7. The summed E-state index contributed by atoms with van der Waals surface area (Å²) in [5.41, 5.74) is 0. The highest BCUT2D eigenvalue weighted by Crippen LogP contribution is 2.13. The predicted molar refractivity (Wildman–Crippen MR) is 183 cm³/mol. The number of carbonyl (C=O) groups excluding carboxylic acids is 2. The normalized spacial score (nSPS) is 12.0. The maximum Gasteiger partial charge on any atom is 0.275 e. The minimum absolute atomic E-state index is 0.209. The molecule has 250 valence electrons. The molecule has 0 heterocycles. The third kappa shape index (κ3) is 29.0. The van der Waals surface area contributed by atoms with Crippen molar-refractivity contribution in [3.8, 4) is 0 Å². The van der Waals surface area contributed by atoms with E-state index in [9.17, 15) is 9.59 Å². The van der Waals surface area contributed by atoms with E-state index in [2.05, 4.69) is 52.7 Å². The molecular formula is C36H76N4O2+2. The first kappa shape index (κ1) is 40.9. The zero-order valence-corrected chi connectivity index (χ0v) is 29.5. The van der Waals surface area contributed by atoms with Crippen molar-refractivity contribution in [1.29, 1.82) is 0 Å². The van der Waals surface area contributed by atoms with Crippen molar-refractivity contribution in [2.24, 2.45) is 0 Å². The molecular weight excluding hydrogens is 520 g/mol. The van der Waals surface area contributed by atoms with Crippen LogP contribution >= 0.6 is 0 Å². The van der Waals surface area contributed by atoms with E-state index in [0.29, 0.717) is 13.1 Å². The van der Waals surface area contributed by atoms with Gasteiger partial charge in [0.1, 0.15) is 0 Å². The quantitative estimate of drug-likeness (QED) is 0.0629. The van der Waals surface area contributed by atoms with E-state index >= 15 is 0 Å². The SMILES string of the molecule is CCCCCCCCNC(=O)C[N+](C)(C)CCCCCCCCCCCC[N+](C)(C)CC(=O)NCCCCCCCC. The summed E-state index contributed by atoms with van der Waals surface area (Å²) in [6.45, 7) is 9.52. The second kappa shape index (κ2) is 27.4. The Morgan fingerprint density at radius 2 is 0.667 bits per heavy atom. The van der Waals surface area contributed by atoms with Gasteiger partial charge in [0.2, 0.25) is 0 Å². The third-order valence-corrected chi connectivity index (χ3v) is 8.63. The molecule has 0 unspecified atom stereocenters. The number of nitrogens with one attached hydrogen (secondary N) is 2. The molecule has 0 atom stereocenters. The largest absolute Gasteiger partial charge is 0.351 e. The van der Waals surface area contributed by atoms with Gasteiger partial charge in [0.05, 0.1) is 41.3 Å². The number of carbonyl (C=O) groups is 2. The lowest BCUT2D eigenvalue weighted by atomic mass is 10.1. The van der Waals surface area contributed by atoms with Crippen molar-refractivity contribution in [3.05, 3.63) is 0 Å². The molecule has 0 rings (SSSR count). The summed E-state index contributed by atoms with van der Waals surface area (Å²) in [6, 6.07) is 0. The van der Waals surface area contributed by atoms with Crippen LogP contribution in [-0.4, -0.2) is 88.2 Å². The lowest BCUT2D eigenvalue weighted by Gasteiger charge is -2.29. The third-order valence-electron chi connectivity index (χ3n) is 8.63. The number of rotatable bonds is 31. The van der Waals surface area contributed by atoms with E-state index in [0.717, 1.165) is 48.0 Å². The van der Waals surface area contributed by atoms with Gasteiger partial charge in [-0.15, -0.1) is 0 Å². The highest BCUT2D eigenvalue weighted by atomic mass is 16.2. The van der Waals surface area contributed by atoms with Gasteiger partial charge in [-0.3, -0.25) is 9.59 Å². The summed E-state index contributed by atoms with van der Waals surface area (Å²) >= 11 is 0. The van der Waals surface area contributed by atoms with Crippen LogP contribution in [0.3, 0.4) is 0 Å². The Morgan fingerprint density at radius 3 is 0.976 bits per heavy atom. The molecule has 2 N–H and O–H groups in total. The molecule has 0 aromatic heterocycles. The van der Waals surface area contributed by atoms with E-state index in [4.69, 9.17) is 0 Å². The summed E-state index contributed by atoms with van der Waals surface area (Å²) in [5, 5.41) is 6.26. The molecule has 6 nitrogen and oxygen atoms in total. The van der Waals surface area contributed by atoms with Crippen molar-refractivity contribution in [3.63, 3.8) is 0 Å². The predicted octanol–water partition coefficient (Wildman–Crippen LogP) is 7.99. The molecule has 0 aromatic carbocycles. The highest BCUT2D eigenvalue weighted by Gasteiger charge is 2.20. The van der Waals surface area contributed by atoms with Gasteiger partial charge in [-0.05, 0) is 38.5 Å². The zero-order chi connectivity index (χ0) is 31.4. The Labute approximate surface area is 263 Å². The molecule has 0 aliphatic heterocycles. The summed E-state index contributed by atoms with van der Waals surface area (Å²) in [6.07, 6.45) is 28.2. The second-order valence-electron chi connectivity index (χ2n) is 14.4. The minimum Gasteiger partial charge on any atom is -0.351 e. The van der Waals surface area contributed by atoms with Crippen LogP contribution < -0.4 is 10.6 Å². The van der Waals surface area contributed by atoms with Crippen LogP contribution in [0.15, 0.2) is 0 Å². The van der Waals surface area contributed by atoms with Gasteiger partial charge in [0.15, 0.2) is 13.1 Å². The van der Waals surface area contributed by atoms with Crippen molar-refractivity contribution >= 4 is 11.8 Å². The van der Waals surface area contributed by atoms with Crippen LogP contribution in [0, 0.1) is 0 Å². The maximum atomic E-state index is 12.3. The Morgan fingerprint density at radius 1 is 0.405 bits per heavy atom. The number of nitrogens with zero attached hydrogens (tertiary/aromatic N) is 2. The number of hydrogen-bond donors (Lipinski definition) is 2. The van der Waals surface area contributed by atoms with E-state index in [1.54, 1.807) is 0 Å². The zero-order valence-electron chi connectivity index (χ0n) is 29.5. The van der Waals surface area contributed by atoms with Crippen LogP contribution in [0.25, 0.3) is 0 Å². The molecule has 0 spiro atoms. The summed E-state index contributed by atoms with van der Waals surface area (Å²) in [4.78, 5) is 24.6. The van der Waals surface area contributed by atoms with Crippen molar-refractivity contribution < 1.29 is 18.6 Å². The van der Waals surface area contributed by atoms with Crippen LogP contribution in [0.5, 0.6) is 0 Å². The summed E-state index contributed by atoms with van der Waals surface area (Å²) in [5.74, 6) is 0.417. The van der Waals surface area contributed by atoms with Gasteiger partial charge < -0.3 is 19.6 Å². The molecule has 0 radical (unpaired) electrons. The van der Waals surface area contributed by atoms with Gasteiger partial charge in [0, 0.05) is 13.1 Å². The molecule has 6 heteroatoms. The lowest BCUT2D eigenvalue weighted by molar-refractivity contribution is -0.882. The van der Waals surface area contributed by atoms with Crippen LogP contribution in [-0.2, 0) is 9.59 Å². The second-order valence-corrected chi connectivity index (χ2v) is 14.4. The molecule has 0 saturated heterocycles. The number of unbranched alkanes of at least 4 members (excludes halogenated alkanes) is 19. The average Bonchev–Trinajstić information content (AvgIpc) is 2.92. The first-order valence-corrected chi connectivity index (χ1v) is 18.3. The van der Waals surface area contributed by atoms with E-state index in [1.807, 2.05) is 0 Å². The number of hydrogen-bond acceptors (Lipinski definition) is 2. The van der Waals surface area contributed by atoms with Crippen molar-refractivity contribution in [2.45, 2.75) is 155 Å². The lowest BCUT2D eigenvalue weighted by Crippen LogP contribution is -2.48. The smallest absolute Gasteiger partial charge is 0.275 e. The molecule has 0 aliphatic rings. The van der Waals surface area contributed by atoms with Crippen molar-refractivity contribution in [2.75, 3.05) is 67.5 Å². The first-order valence-electron chi connectivity index (χ1n) is 18.3. The van der Waals surface area contributed by atoms with E-state index in [-0.39, 0.29) is 11.8 Å². The number of amides is 2. The topological polar surface area (TPSA) is 58.2 Å². The first-order chi connectivity index (χ1) is 20.1. The fourth-order valence-corrected chi connectivity index (χ4v) is 5.81. The Hall–Kier alpha value is -1.14. The maximum absolute atomic E-state index is 12.3. The van der Waals surface area contributed by atoms with Crippen molar-refractivity contribution in [1.82, 2.24) is 10.6 Å². The molecule has 0 aliphatic carbocycles. The fraction of sp³-hybridized carbons (Fsp3) is 0.944. The minimum atomic E-state index is 0.209. The standard InChI is InChI=1S/C36H74N4O2/c1-7-9-11-13-21-25-29-37-35(41)33-39(3,4)31-27-23-19-17-15-16-18-20-24-28-32-40(5,6)34-36(42)38-30-26-22-14-12-10-8-2/h7-34H2,1-6H3/p+2. The summed E-state index contributed by atoms with van der Waals surface area (Å²) in [7, 11) is 8.76. The number of quaternary nitrogens is 2. The fourth-order valence-electron chi connectivity index (χ4n) is 5.81. The number of likely N-dealkylation sites (N-methyl/N-ethyl adjacent to an activating group) is 2. The molecule has 0 fully saturated rings. The molecule has 2 amide bonds. The van der Waals surface area contributed by atoms with Gasteiger partial charge in [-0.1, -0.05) is 117 Å². The summed E-state index contributed by atoms with van der Waals surface area (Å²) < 4.78 is 1.59. The van der Waals surface area contributed by atoms with Crippen LogP contribution in [0.1, 0.15) is 155 Å². The van der Waals surface area contributed by atoms with E-state index in [1.165, 1.54) is 128 Å².